The first-order valence-electron chi connectivity index (χ1n) is 8.70. The zero-order chi connectivity index (χ0) is 18.3. The molecule has 0 bridgehead atoms. The van der Waals surface area contributed by atoms with Crippen LogP contribution < -0.4 is 16.6 Å². The van der Waals surface area contributed by atoms with Gasteiger partial charge in [-0.05, 0) is 30.8 Å². The summed E-state index contributed by atoms with van der Waals surface area (Å²) in [5.74, 6) is 0.620. The number of aromatic amines is 1. The summed E-state index contributed by atoms with van der Waals surface area (Å²) in [6.45, 7) is 2.98. The van der Waals surface area contributed by atoms with Crippen LogP contribution in [0.1, 0.15) is 17.7 Å². The number of fused-ring (bicyclic) bond motifs is 1. The van der Waals surface area contributed by atoms with Crippen molar-refractivity contribution in [3.05, 3.63) is 43.2 Å². The molecule has 1 unspecified atom stereocenters. The lowest BCUT2D eigenvalue weighted by molar-refractivity contribution is 0.210. The maximum absolute atomic E-state index is 12.1. The van der Waals surface area contributed by atoms with Gasteiger partial charge in [-0.15, -0.1) is 11.3 Å². The van der Waals surface area contributed by atoms with E-state index in [0.717, 1.165) is 32.5 Å². The van der Waals surface area contributed by atoms with E-state index < -0.39 is 11.2 Å². The molecule has 9 heteroatoms. The van der Waals surface area contributed by atoms with E-state index in [1.807, 2.05) is 0 Å². The quantitative estimate of drug-likeness (QED) is 0.714. The topological polar surface area (TPSA) is 88.0 Å². The summed E-state index contributed by atoms with van der Waals surface area (Å²) in [6.07, 6.45) is 2.17. The van der Waals surface area contributed by atoms with Crippen LogP contribution in [0.3, 0.4) is 0 Å². The van der Waals surface area contributed by atoms with E-state index in [1.54, 1.807) is 30.0 Å². The van der Waals surface area contributed by atoms with Gasteiger partial charge in [0.15, 0.2) is 11.2 Å². The van der Waals surface area contributed by atoms with Crippen LogP contribution in [0.5, 0.6) is 0 Å². The smallest absolute Gasteiger partial charge is 0.329 e. The third kappa shape index (κ3) is 3.08. The highest BCUT2D eigenvalue weighted by Crippen LogP contribution is 2.20. The highest BCUT2D eigenvalue weighted by molar-refractivity contribution is 7.09. The molecule has 4 rings (SSSR count). The average Bonchev–Trinajstić information content (AvgIpc) is 3.22. The summed E-state index contributed by atoms with van der Waals surface area (Å²) in [7, 11) is 3.41. The summed E-state index contributed by atoms with van der Waals surface area (Å²) in [4.78, 5) is 34.6. The molecule has 0 radical (unpaired) electrons. The summed E-state index contributed by atoms with van der Waals surface area (Å²) in [6, 6.07) is 4.51. The number of anilines is 1. The van der Waals surface area contributed by atoms with Gasteiger partial charge in [0.2, 0.25) is 5.95 Å². The Labute approximate surface area is 154 Å². The molecule has 1 aliphatic rings. The maximum atomic E-state index is 12.1. The SMILES string of the molecule is Cn1c(NC2CCCN(Cc3cccs3)C2)nc2c1c(=O)[nH]c(=O)n2C. The first kappa shape index (κ1) is 17.0. The van der Waals surface area contributed by atoms with Crippen LogP contribution in [-0.2, 0) is 20.6 Å². The fourth-order valence-electron chi connectivity index (χ4n) is 3.56. The van der Waals surface area contributed by atoms with Gasteiger partial charge in [-0.2, -0.15) is 4.98 Å². The first-order valence-corrected chi connectivity index (χ1v) is 9.58. The number of aromatic nitrogens is 4. The number of piperidine rings is 1. The highest BCUT2D eigenvalue weighted by atomic mass is 32.1. The van der Waals surface area contributed by atoms with E-state index in [-0.39, 0.29) is 6.04 Å². The van der Waals surface area contributed by atoms with Crippen molar-refractivity contribution in [3.8, 4) is 0 Å². The van der Waals surface area contributed by atoms with E-state index in [9.17, 15) is 9.59 Å². The van der Waals surface area contributed by atoms with Crippen LogP contribution in [0.2, 0.25) is 0 Å². The number of thiophene rings is 1. The zero-order valence-corrected chi connectivity index (χ0v) is 15.7. The summed E-state index contributed by atoms with van der Waals surface area (Å²) in [5, 5.41) is 5.57. The van der Waals surface area contributed by atoms with Crippen molar-refractivity contribution in [2.75, 3.05) is 18.4 Å². The molecular weight excluding hydrogens is 352 g/mol. The second kappa shape index (κ2) is 6.73. The van der Waals surface area contributed by atoms with Crippen LogP contribution in [0.4, 0.5) is 5.95 Å². The number of nitrogens with one attached hydrogen (secondary N) is 2. The third-order valence-electron chi connectivity index (χ3n) is 4.93. The van der Waals surface area contributed by atoms with Crippen molar-refractivity contribution < 1.29 is 0 Å². The van der Waals surface area contributed by atoms with Crippen molar-refractivity contribution in [1.29, 1.82) is 0 Å². The Hall–Kier alpha value is -2.39. The fourth-order valence-corrected chi connectivity index (χ4v) is 4.31. The van der Waals surface area contributed by atoms with Gasteiger partial charge in [-0.3, -0.25) is 19.2 Å². The number of hydrogen-bond donors (Lipinski definition) is 2. The van der Waals surface area contributed by atoms with Gasteiger partial charge in [0, 0.05) is 38.1 Å². The van der Waals surface area contributed by atoms with Gasteiger partial charge in [-0.25, -0.2) is 4.79 Å². The predicted octanol–water partition coefficient (Wildman–Crippen LogP) is 1.10. The molecule has 0 amide bonds. The van der Waals surface area contributed by atoms with Crippen LogP contribution >= 0.6 is 11.3 Å². The summed E-state index contributed by atoms with van der Waals surface area (Å²) in [5.41, 5.74) is -0.0584. The van der Waals surface area contributed by atoms with Gasteiger partial charge in [0.25, 0.3) is 5.56 Å². The largest absolute Gasteiger partial charge is 0.352 e. The number of rotatable bonds is 4. The van der Waals surface area contributed by atoms with Crippen LogP contribution in [0.15, 0.2) is 27.1 Å². The Morgan fingerprint density at radius 2 is 2.19 bits per heavy atom. The second-order valence-electron chi connectivity index (χ2n) is 6.78. The van der Waals surface area contributed by atoms with Crippen molar-refractivity contribution in [2.24, 2.45) is 14.1 Å². The minimum Gasteiger partial charge on any atom is -0.352 e. The van der Waals surface area contributed by atoms with Crippen molar-refractivity contribution in [1.82, 2.24) is 24.0 Å². The molecule has 0 spiro atoms. The maximum Gasteiger partial charge on any atom is 0.329 e. The number of aryl methyl sites for hydroxylation is 2. The molecule has 1 atom stereocenters. The molecule has 3 aromatic heterocycles. The van der Waals surface area contributed by atoms with Crippen LogP contribution in [0, 0.1) is 0 Å². The van der Waals surface area contributed by atoms with Crippen LogP contribution in [-0.4, -0.2) is 43.1 Å². The molecule has 138 valence electrons. The number of hydrogen-bond acceptors (Lipinski definition) is 6. The minimum atomic E-state index is -0.452. The van der Waals surface area contributed by atoms with Gasteiger partial charge in [0.1, 0.15) is 0 Å². The van der Waals surface area contributed by atoms with Crippen molar-refractivity contribution in [2.45, 2.75) is 25.4 Å². The summed E-state index contributed by atoms with van der Waals surface area (Å²) < 4.78 is 3.09. The normalized spacial score (nSPS) is 18.5. The van der Waals surface area contributed by atoms with Gasteiger partial charge >= 0.3 is 5.69 Å². The van der Waals surface area contributed by atoms with E-state index >= 15 is 0 Å². The van der Waals surface area contributed by atoms with Crippen molar-refractivity contribution >= 4 is 28.4 Å². The highest BCUT2D eigenvalue weighted by Gasteiger charge is 2.23. The average molecular weight is 374 g/mol. The predicted molar refractivity (Wildman–Crippen MR) is 103 cm³/mol. The molecule has 1 saturated heterocycles. The Balaban J connectivity index is 1.56. The number of nitrogens with zero attached hydrogens (tertiary/aromatic N) is 4. The molecular formula is C17H22N6O2S. The number of likely N-dealkylation sites (tertiary alicyclic amines) is 1. The van der Waals surface area contributed by atoms with Gasteiger partial charge < -0.3 is 9.88 Å². The Kier molecular flexibility index (Phi) is 4.41. The lowest BCUT2D eigenvalue weighted by Gasteiger charge is -2.33. The van der Waals surface area contributed by atoms with E-state index in [1.165, 1.54) is 9.44 Å². The first-order chi connectivity index (χ1) is 12.5. The van der Waals surface area contributed by atoms with Crippen molar-refractivity contribution in [3.63, 3.8) is 0 Å². The van der Waals surface area contributed by atoms with Gasteiger partial charge in [-0.1, -0.05) is 6.07 Å². The Morgan fingerprint density at radius 3 is 2.96 bits per heavy atom. The molecule has 1 fully saturated rings. The number of H-pyrrole nitrogens is 1. The third-order valence-corrected chi connectivity index (χ3v) is 5.79. The lowest BCUT2D eigenvalue weighted by Crippen LogP contribution is -2.41. The second-order valence-corrected chi connectivity index (χ2v) is 7.82. The number of imidazole rings is 1. The van der Waals surface area contributed by atoms with Gasteiger partial charge in [0.05, 0.1) is 0 Å². The van der Waals surface area contributed by atoms with E-state index in [4.69, 9.17) is 0 Å². The molecule has 0 aromatic carbocycles. The molecule has 26 heavy (non-hydrogen) atoms. The standard InChI is InChI=1S/C17H22N6O2S/c1-21-13-14(22(2)17(25)20-15(13)24)19-16(21)18-11-5-3-7-23(9-11)10-12-6-4-8-26-12/h4,6,8,11H,3,5,7,9-10H2,1-2H3,(H,18,19)(H,20,24,25). The Morgan fingerprint density at radius 1 is 1.35 bits per heavy atom. The fraction of sp³-hybridized carbons (Fsp3) is 0.471. The molecule has 2 N–H and O–H groups in total. The van der Waals surface area contributed by atoms with E-state index in [0.29, 0.717) is 17.1 Å². The Bertz CT molecular complexity index is 1030. The molecule has 1 aliphatic heterocycles. The van der Waals surface area contributed by atoms with E-state index in [2.05, 4.69) is 37.7 Å². The summed E-state index contributed by atoms with van der Waals surface area (Å²) >= 11 is 1.78. The molecule has 0 saturated carbocycles. The molecule has 4 heterocycles. The zero-order valence-electron chi connectivity index (χ0n) is 14.9. The minimum absolute atomic E-state index is 0.260. The molecule has 8 nitrogen and oxygen atoms in total. The molecule has 3 aromatic rings. The monoisotopic (exact) mass is 374 g/mol. The van der Waals surface area contributed by atoms with Crippen LogP contribution in [0.25, 0.3) is 11.2 Å². The molecule has 0 aliphatic carbocycles. The lowest BCUT2D eigenvalue weighted by atomic mass is 10.1.